The molecule has 0 N–H and O–H groups in total. The number of pyridine rings is 1. The van der Waals surface area contributed by atoms with Crippen LogP contribution in [0.15, 0.2) is 36.9 Å². The van der Waals surface area contributed by atoms with Crippen LogP contribution >= 0.6 is 0 Å². The van der Waals surface area contributed by atoms with Crippen LogP contribution in [0, 0.1) is 0 Å². The van der Waals surface area contributed by atoms with Crippen molar-refractivity contribution in [3.8, 4) is 17.1 Å². The quantitative estimate of drug-likeness (QED) is 0.715. The molecule has 0 bridgehead atoms. The van der Waals surface area contributed by atoms with Gasteiger partial charge in [-0.3, -0.25) is 4.98 Å². The van der Waals surface area contributed by atoms with Gasteiger partial charge >= 0.3 is 6.01 Å². The fourth-order valence-corrected chi connectivity index (χ4v) is 1.10. The average molecular weight is 187 g/mol. The minimum Gasteiger partial charge on any atom is -0.467 e. The minimum atomic E-state index is 0.373. The van der Waals surface area contributed by atoms with Gasteiger partial charge in [-0.15, -0.1) is 0 Å². The Hall–Kier alpha value is -1.97. The molecule has 70 valence electrons. The van der Waals surface area contributed by atoms with Crippen LogP contribution in [0.2, 0.25) is 0 Å². The highest BCUT2D eigenvalue weighted by atomic mass is 16.5. The Bertz CT molecular complexity index is 399. The van der Waals surface area contributed by atoms with Crippen LogP contribution in [0.1, 0.15) is 0 Å². The normalized spacial score (nSPS) is 9.79. The van der Waals surface area contributed by atoms with E-state index in [1.807, 2.05) is 12.1 Å². The molecule has 2 rings (SSSR count). The Morgan fingerprint density at radius 3 is 2.43 bits per heavy atom. The lowest BCUT2D eigenvalue weighted by atomic mass is 10.2. The second-order valence-corrected chi connectivity index (χ2v) is 2.70. The van der Waals surface area contributed by atoms with Gasteiger partial charge in [-0.2, -0.15) is 0 Å². The minimum absolute atomic E-state index is 0.373. The predicted molar refractivity (Wildman–Crippen MR) is 51.8 cm³/mol. The van der Waals surface area contributed by atoms with Gasteiger partial charge in [-0.05, 0) is 6.07 Å². The molecule has 4 nitrogen and oxygen atoms in total. The molecule has 0 amide bonds. The fraction of sp³-hybridized carbons (Fsp3) is 0.100. The Kier molecular flexibility index (Phi) is 2.36. The van der Waals surface area contributed by atoms with Crippen LogP contribution in [0.5, 0.6) is 6.01 Å². The maximum atomic E-state index is 4.87. The summed E-state index contributed by atoms with van der Waals surface area (Å²) in [4.78, 5) is 12.0. The van der Waals surface area contributed by atoms with E-state index in [4.69, 9.17) is 4.74 Å². The fourth-order valence-electron chi connectivity index (χ4n) is 1.10. The van der Waals surface area contributed by atoms with Crippen LogP contribution in [-0.2, 0) is 0 Å². The van der Waals surface area contributed by atoms with Crippen LogP contribution in [0.3, 0.4) is 0 Å². The SMILES string of the molecule is COc1ncc(-c2cccnc2)cn1. The number of ether oxygens (including phenoxy) is 1. The third-order valence-electron chi connectivity index (χ3n) is 1.81. The van der Waals surface area contributed by atoms with Crippen molar-refractivity contribution in [1.29, 1.82) is 0 Å². The van der Waals surface area contributed by atoms with E-state index in [0.717, 1.165) is 11.1 Å². The highest BCUT2D eigenvalue weighted by molar-refractivity contribution is 5.59. The van der Waals surface area contributed by atoms with Crippen LogP contribution in [0.4, 0.5) is 0 Å². The highest BCUT2D eigenvalue weighted by Crippen LogP contribution is 2.16. The van der Waals surface area contributed by atoms with E-state index in [9.17, 15) is 0 Å². The summed E-state index contributed by atoms with van der Waals surface area (Å²) in [6.07, 6.45) is 6.92. The van der Waals surface area contributed by atoms with Gasteiger partial charge in [0.2, 0.25) is 0 Å². The summed E-state index contributed by atoms with van der Waals surface area (Å²) in [5.74, 6) is 0. The Balaban J connectivity index is 2.34. The van der Waals surface area contributed by atoms with E-state index in [1.54, 1.807) is 31.9 Å². The summed E-state index contributed by atoms with van der Waals surface area (Å²) in [7, 11) is 1.54. The van der Waals surface area contributed by atoms with Crippen LogP contribution in [-0.4, -0.2) is 22.1 Å². The molecule has 0 atom stereocenters. The zero-order valence-electron chi connectivity index (χ0n) is 7.71. The van der Waals surface area contributed by atoms with E-state index in [2.05, 4.69) is 15.0 Å². The molecule has 0 fully saturated rings. The monoisotopic (exact) mass is 187 g/mol. The van der Waals surface area contributed by atoms with Crippen LogP contribution < -0.4 is 4.74 Å². The Morgan fingerprint density at radius 2 is 1.86 bits per heavy atom. The molecule has 0 unspecified atom stereocenters. The first-order valence-corrected chi connectivity index (χ1v) is 4.16. The van der Waals surface area contributed by atoms with Crippen molar-refractivity contribution >= 4 is 0 Å². The number of methoxy groups -OCH3 is 1. The maximum absolute atomic E-state index is 4.87. The van der Waals surface area contributed by atoms with Gasteiger partial charge in [0.25, 0.3) is 0 Å². The lowest BCUT2D eigenvalue weighted by molar-refractivity contribution is 0.380. The van der Waals surface area contributed by atoms with Crippen molar-refractivity contribution in [2.24, 2.45) is 0 Å². The molecule has 0 aliphatic carbocycles. The summed E-state index contributed by atoms with van der Waals surface area (Å²) < 4.78 is 4.87. The van der Waals surface area contributed by atoms with E-state index in [-0.39, 0.29) is 0 Å². The Morgan fingerprint density at radius 1 is 1.07 bits per heavy atom. The van der Waals surface area contributed by atoms with E-state index in [0.29, 0.717) is 6.01 Å². The van der Waals surface area contributed by atoms with Crippen molar-refractivity contribution in [3.05, 3.63) is 36.9 Å². The average Bonchev–Trinajstić information content (AvgIpc) is 2.30. The summed E-state index contributed by atoms with van der Waals surface area (Å²) in [6.45, 7) is 0. The molecule has 14 heavy (non-hydrogen) atoms. The maximum Gasteiger partial charge on any atom is 0.316 e. The van der Waals surface area contributed by atoms with Crippen molar-refractivity contribution < 1.29 is 4.74 Å². The zero-order valence-corrected chi connectivity index (χ0v) is 7.71. The molecule has 0 saturated heterocycles. The summed E-state index contributed by atoms with van der Waals surface area (Å²) in [5, 5.41) is 0. The molecule has 0 saturated carbocycles. The number of hydrogen-bond donors (Lipinski definition) is 0. The first-order valence-electron chi connectivity index (χ1n) is 4.16. The molecule has 0 spiro atoms. The number of hydrogen-bond acceptors (Lipinski definition) is 4. The van der Waals surface area contributed by atoms with Crippen molar-refractivity contribution in [1.82, 2.24) is 15.0 Å². The zero-order chi connectivity index (χ0) is 9.80. The Labute approximate surface area is 81.6 Å². The predicted octanol–water partition coefficient (Wildman–Crippen LogP) is 1.55. The van der Waals surface area contributed by atoms with Gasteiger partial charge < -0.3 is 4.74 Å². The summed E-state index contributed by atoms with van der Waals surface area (Å²) >= 11 is 0. The topological polar surface area (TPSA) is 47.9 Å². The molecule has 0 aliphatic heterocycles. The molecule has 0 aliphatic rings. The number of nitrogens with zero attached hydrogens (tertiary/aromatic N) is 3. The summed E-state index contributed by atoms with van der Waals surface area (Å²) in [5.41, 5.74) is 1.93. The molecular weight excluding hydrogens is 178 g/mol. The van der Waals surface area contributed by atoms with Crippen molar-refractivity contribution in [2.45, 2.75) is 0 Å². The van der Waals surface area contributed by atoms with Gasteiger partial charge in [0.05, 0.1) is 7.11 Å². The molecule has 0 radical (unpaired) electrons. The van der Waals surface area contributed by atoms with Gasteiger partial charge in [0.1, 0.15) is 0 Å². The summed E-state index contributed by atoms with van der Waals surface area (Å²) in [6, 6.07) is 4.20. The standard InChI is InChI=1S/C10H9N3O/c1-14-10-12-6-9(7-13-10)8-3-2-4-11-5-8/h2-7H,1H3. The number of rotatable bonds is 2. The molecular formula is C10H9N3O. The van der Waals surface area contributed by atoms with Gasteiger partial charge in [0, 0.05) is 35.9 Å². The van der Waals surface area contributed by atoms with Crippen molar-refractivity contribution in [3.63, 3.8) is 0 Å². The van der Waals surface area contributed by atoms with E-state index < -0.39 is 0 Å². The first-order chi connectivity index (χ1) is 6.90. The number of aromatic nitrogens is 3. The van der Waals surface area contributed by atoms with E-state index >= 15 is 0 Å². The molecule has 0 aromatic carbocycles. The second-order valence-electron chi connectivity index (χ2n) is 2.70. The molecule has 2 aromatic rings. The molecule has 2 aromatic heterocycles. The smallest absolute Gasteiger partial charge is 0.316 e. The largest absolute Gasteiger partial charge is 0.467 e. The van der Waals surface area contributed by atoms with Gasteiger partial charge in [-0.25, -0.2) is 9.97 Å². The van der Waals surface area contributed by atoms with Crippen LogP contribution in [0.25, 0.3) is 11.1 Å². The van der Waals surface area contributed by atoms with E-state index in [1.165, 1.54) is 0 Å². The third-order valence-corrected chi connectivity index (χ3v) is 1.81. The van der Waals surface area contributed by atoms with Gasteiger partial charge in [-0.1, -0.05) is 6.07 Å². The van der Waals surface area contributed by atoms with Crippen molar-refractivity contribution in [2.75, 3.05) is 7.11 Å². The third kappa shape index (κ3) is 1.69. The highest BCUT2D eigenvalue weighted by Gasteiger charge is 1.99. The molecule has 2 heterocycles. The lowest BCUT2D eigenvalue weighted by Gasteiger charge is -2.00. The first kappa shape index (κ1) is 8.62. The lowest BCUT2D eigenvalue weighted by Crippen LogP contribution is -1.91. The van der Waals surface area contributed by atoms with Gasteiger partial charge in [0.15, 0.2) is 0 Å². The second kappa shape index (κ2) is 3.83. The molecule has 4 heteroatoms.